The number of halogens is 1. The normalized spacial score (nSPS) is 17.5. The molecule has 1 aliphatic heterocycles. The number of rotatable bonds is 8. The van der Waals surface area contributed by atoms with E-state index in [0.717, 1.165) is 38.0 Å². The van der Waals surface area contributed by atoms with E-state index >= 15 is 0 Å². The Morgan fingerprint density at radius 1 is 1.04 bits per heavy atom. The minimum atomic E-state index is -3.36. The fraction of sp³-hybridized carbons (Fsp3) is 0.455. The molecule has 2 aromatic carbocycles. The van der Waals surface area contributed by atoms with Crippen LogP contribution in [0.3, 0.4) is 0 Å². The summed E-state index contributed by atoms with van der Waals surface area (Å²) < 4.78 is 37.8. The summed E-state index contributed by atoms with van der Waals surface area (Å²) in [6.07, 6.45) is 2.84. The summed E-state index contributed by atoms with van der Waals surface area (Å²) in [4.78, 5) is 2.54. The van der Waals surface area contributed by atoms with Gasteiger partial charge in [0, 0.05) is 6.54 Å². The van der Waals surface area contributed by atoms with Crippen molar-refractivity contribution in [2.75, 3.05) is 25.4 Å². The van der Waals surface area contributed by atoms with Gasteiger partial charge >= 0.3 is 0 Å². The summed E-state index contributed by atoms with van der Waals surface area (Å²) in [6.45, 7) is 2.71. The molecule has 0 aliphatic carbocycles. The van der Waals surface area contributed by atoms with Crippen LogP contribution in [0, 0.1) is 11.7 Å². The average molecular weight is 406 g/mol. The number of hydrogen-bond acceptors (Lipinski definition) is 4. The van der Waals surface area contributed by atoms with Gasteiger partial charge in [-0.25, -0.2) is 12.8 Å². The summed E-state index contributed by atoms with van der Waals surface area (Å²) in [5.74, 6) is 0.0740. The van der Waals surface area contributed by atoms with Crippen molar-refractivity contribution in [3.8, 4) is 0 Å². The van der Waals surface area contributed by atoms with E-state index in [-0.39, 0.29) is 10.6 Å². The minimum absolute atomic E-state index is 0.107. The molecule has 6 heteroatoms. The Hall–Kier alpha value is -1.76. The zero-order chi connectivity index (χ0) is 20.0. The number of piperidine rings is 1. The zero-order valence-electron chi connectivity index (χ0n) is 16.0. The van der Waals surface area contributed by atoms with Crippen LogP contribution in [-0.4, -0.2) is 43.8 Å². The molecule has 1 saturated heterocycles. The lowest BCUT2D eigenvalue weighted by atomic mass is 9.94. The second-order valence-corrected chi connectivity index (χ2v) is 9.67. The molecule has 0 aromatic heterocycles. The van der Waals surface area contributed by atoms with Gasteiger partial charge in [-0.2, -0.15) is 0 Å². The van der Waals surface area contributed by atoms with E-state index in [1.807, 2.05) is 30.3 Å². The molecule has 1 N–H and O–H groups in total. The first kappa shape index (κ1) is 21.0. The van der Waals surface area contributed by atoms with Crippen molar-refractivity contribution in [2.24, 2.45) is 5.92 Å². The van der Waals surface area contributed by atoms with E-state index in [2.05, 4.69) is 4.90 Å². The number of hydrogen-bond donors (Lipinski definition) is 1. The largest absolute Gasteiger partial charge is 0.388 e. The Kier molecular flexibility index (Phi) is 7.21. The fourth-order valence-corrected chi connectivity index (χ4v) is 5.16. The third-order valence-electron chi connectivity index (χ3n) is 5.58. The van der Waals surface area contributed by atoms with Crippen molar-refractivity contribution in [2.45, 2.75) is 36.7 Å². The first-order valence-corrected chi connectivity index (χ1v) is 11.5. The van der Waals surface area contributed by atoms with Crippen molar-refractivity contribution >= 4 is 9.84 Å². The average Bonchev–Trinajstić information content (AvgIpc) is 2.72. The first-order chi connectivity index (χ1) is 13.4. The molecule has 4 nitrogen and oxygen atoms in total. The van der Waals surface area contributed by atoms with Gasteiger partial charge in [0.15, 0.2) is 9.84 Å². The predicted molar refractivity (Wildman–Crippen MR) is 108 cm³/mol. The van der Waals surface area contributed by atoms with E-state index in [1.165, 1.54) is 24.3 Å². The van der Waals surface area contributed by atoms with Gasteiger partial charge in [0.25, 0.3) is 0 Å². The van der Waals surface area contributed by atoms with Gasteiger partial charge in [0.05, 0.1) is 16.8 Å². The van der Waals surface area contributed by atoms with Crippen LogP contribution in [0.15, 0.2) is 59.5 Å². The molecule has 2 aromatic rings. The van der Waals surface area contributed by atoms with Crippen LogP contribution in [0.2, 0.25) is 0 Å². The van der Waals surface area contributed by atoms with Crippen LogP contribution in [-0.2, 0) is 9.84 Å². The smallest absolute Gasteiger partial charge is 0.178 e. The maximum Gasteiger partial charge on any atom is 0.178 e. The van der Waals surface area contributed by atoms with Crippen LogP contribution in [0.4, 0.5) is 4.39 Å². The van der Waals surface area contributed by atoms with Gasteiger partial charge < -0.3 is 10.0 Å². The number of benzene rings is 2. The number of sulfone groups is 1. The molecule has 3 rings (SSSR count). The van der Waals surface area contributed by atoms with E-state index in [0.29, 0.717) is 18.8 Å². The summed E-state index contributed by atoms with van der Waals surface area (Å²) >= 11 is 0. The molecular formula is C22H28FNO3S. The number of likely N-dealkylation sites (tertiary alicyclic amines) is 1. The number of nitrogens with zero attached hydrogens (tertiary/aromatic N) is 1. The minimum Gasteiger partial charge on any atom is -0.388 e. The molecule has 0 spiro atoms. The summed E-state index contributed by atoms with van der Waals surface area (Å²) in [6, 6.07) is 14.8. The highest BCUT2D eigenvalue weighted by Crippen LogP contribution is 2.24. The van der Waals surface area contributed by atoms with Crippen LogP contribution in [0.1, 0.15) is 37.4 Å². The van der Waals surface area contributed by atoms with Crippen molar-refractivity contribution in [3.05, 3.63) is 66.0 Å². The Balaban J connectivity index is 1.40. The van der Waals surface area contributed by atoms with Crippen molar-refractivity contribution in [1.82, 2.24) is 4.90 Å². The molecule has 28 heavy (non-hydrogen) atoms. The van der Waals surface area contributed by atoms with Crippen LogP contribution in [0.25, 0.3) is 0 Å². The highest BCUT2D eigenvalue weighted by atomic mass is 32.2. The van der Waals surface area contributed by atoms with Gasteiger partial charge in [-0.05, 0) is 74.5 Å². The summed E-state index contributed by atoms with van der Waals surface area (Å²) in [7, 11) is -3.36. The number of aliphatic hydroxyl groups is 1. The maximum atomic E-state index is 13.0. The van der Waals surface area contributed by atoms with Gasteiger partial charge in [0.1, 0.15) is 5.82 Å². The van der Waals surface area contributed by atoms with Gasteiger partial charge in [0.2, 0.25) is 0 Å². The Morgan fingerprint density at radius 3 is 2.32 bits per heavy atom. The van der Waals surface area contributed by atoms with E-state index in [1.54, 1.807) is 0 Å². The van der Waals surface area contributed by atoms with Gasteiger partial charge in [-0.3, -0.25) is 0 Å². The molecule has 0 amide bonds. The second-order valence-electron chi connectivity index (χ2n) is 7.56. The molecule has 1 atom stereocenters. The van der Waals surface area contributed by atoms with Crippen molar-refractivity contribution < 1.29 is 17.9 Å². The van der Waals surface area contributed by atoms with Crippen LogP contribution in [0.5, 0.6) is 0 Å². The second kappa shape index (κ2) is 9.63. The van der Waals surface area contributed by atoms with Crippen LogP contribution >= 0.6 is 0 Å². The molecule has 1 fully saturated rings. The zero-order valence-corrected chi connectivity index (χ0v) is 16.8. The Morgan fingerprint density at radius 2 is 1.68 bits per heavy atom. The molecule has 0 bridgehead atoms. The molecule has 0 unspecified atom stereocenters. The van der Waals surface area contributed by atoms with Crippen molar-refractivity contribution in [3.63, 3.8) is 0 Å². The molecule has 1 heterocycles. The molecule has 0 saturated carbocycles. The van der Waals surface area contributed by atoms with Crippen molar-refractivity contribution in [1.29, 1.82) is 0 Å². The lowest BCUT2D eigenvalue weighted by molar-refractivity contribution is 0.122. The van der Waals surface area contributed by atoms with E-state index in [4.69, 9.17) is 0 Å². The monoisotopic (exact) mass is 405 g/mol. The standard InChI is InChI=1S/C22H28FNO3S/c23-20-6-8-21(9-7-20)28(26,27)17-13-18-10-14-24(15-11-18)16-12-22(25)19-4-2-1-3-5-19/h1-9,18,22,25H,10-17H2/t22-/m0/s1. The quantitative estimate of drug-likeness (QED) is 0.678. The first-order valence-electron chi connectivity index (χ1n) is 9.88. The van der Waals surface area contributed by atoms with Crippen LogP contribution < -0.4 is 0 Å². The highest BCUT2D eigenvalue weighted by molar-refractivity contribution is 7.91. The summed E-state index contributed by atoms with van der Waals surface area (Å²) in [5.41, 5.74) is 0.948. The van der Waals surface area contributed by atoms with Gasteiger partial charge in [-0.15, -0.1) is 0 Å². The lowest BCUT2D eigenvalue weighted by Crippen LogP contribution is -2.35. The van der Waals surface area contributed by atoms with E-state index in [9.17, 15) is 17.9 Å². The lowest BCUT2D eigenvalue weighted by Gasteiger charge is -2.32. The third-order valence-corrected chi connectivity index (χ3v) is 7.34. The molecular weight excluding hydrogens is 377 g/mol. The Bertz CT molecular complexity index is 832. The fourth-order valence-electron chi connectivity index (χ4n) is 3.73. The van der Waals surface area contributed by atoms with Gasteiger partial charge in [-0.1, -0.05) is 30.3 Å². The molecule has 152 valence electrons. The predicted octanol–water partition coefficient (Wildman–Crippen LogP) is 3.83. The topological polar surface area (TPSA) is 57.6 Å². The highest BCUT2D eigenvalue weighted by Gasteiger charge is 2.23. The molecule has 1 aliphatic rings. The SMILES string of the molecule is O=S(=O)(CCC1CCN(CC[C@H](O)c2ccccc2)CC1)c1ccc(F)cc1. The molecule has 0 radical (unpaired) electrons. The number of aliphatic hydroxyl groups excluding tert-OH is 1. The third kappa shape index (κ3) is 5.87. The Labute approximate surface area is 166 Å². The maximum absolute atomic E-state index is 13.0. The summed E-state index contributed by atoms with van der Waals surface area (Å²) in [5, 5.41) is 10.3. The van der Waals surface area contributed by atoms with E-state index < -0.39 is 21.8 Å².